The van der Waals surface area contributed by atoms with E-state index in [1.54, 1.807) is 0 Å². The Labute approximate surface area is 137 Å². The smallest absolute Gasteiger partial charge is 0.153 e. The highest BCUT2D eigenvalue weighted by molar-refractivity contribution is 7.91. The van der Waals surface area contributed by atoms with Crippen molar-refractivity contribution in [2.24, 2.45) is 0 Å². The van der Waals surface area contributed by atoms with Crippen LogP contribution >= 0.6 is 11.6 Å². The third-order valence-electron chi connectivity index (χ3n) is 4.66. The second-order valence-electron chi connectivity index (χ2n) is 6.35. The van der Waals surface area contributed by atoms with Crippen LogP contribution in [0.5, 0.6) is 0 Å². The van der Waals surface area contributed by atoms with Gasteiger partial charge in [0.1, 0.15) is 0 Å². The van der Waals surface area contributed by atoms with Crippen molar-refractivity contribution in [3.8, 4) is 0 Å². The molecule has 1 N–H and O–H groups in total. The number of piperidine rings is 1. The highest BCUT2D eigenvalue weighted by atomic mass is 35.5. The molecule has 0 aliphatic carbocycles. The molecule has 1 aromatic rings. The molecule has 122 valence electrons. The Kier molecular flexibility index (Phi) is 5.07. The summed E-state index contributed by atoms with van der Waals surface area (Å²) < 4.78 is 24.1. The lowest BCUT2D eigenvalue weighted by atomic mass is 10.0. The quantitative estimate of drug-likeness (QED) is 0.910. The van der Waals surface area contributed by atoms with Crippen LogP contribution in [0.15, 0.2) is 24.3 Å². The molecule has 0 saturated carbocycles. The van der Waals surface area contributed by atoms with Crippen LogP contribution in [0.1, 0.15) is 24.8 Å². The van der Waals surface area contributed by atoms with Gasteiger partial charge >= 0.3 is 0 Å². The van der Waals surface area contributed by atoms with Gasteiger partial charge in [-0.15, -0.1) is 0 Å². The fourth-order valence-corrected chi connectivity index (χ4v) is 5.60. The number of hydrogen-bond acceptors (Lipinski definition) is 4. The summed E-state index contributed by atoms with van der Waals surface area (Å²) >= 11 is 5.89. The van der Waals surface area contributed by atoms with Crippen LogP contribution in [0.25, 0.3) is 0 Å². The molecule has 2 saturated heterocycles. The molecular weight excluding hydrogens is 320 g/mol. The molecule has 0 spiro atoms. The summed E-state index contributed by atoms with van der Waals surface area (Å²) in [6, 6.07) is 7.85. The molecule has 2 atom stereocenters. The fourth-order valence-electron chi connectivity index (χ4n) is 3.49. The molecule has 2 heterocycles. The molecule has 2 fully saturated rings. The number of halogens is 1. The van der Waals surface area contributed by atoms with E-state index in [1.165, 1.54) is 19.3 Å². The lowest BCUT2D eigenvalue weighted by molar-refractivity contribution is 0.155. The molecule has 1 aromatic carbocycles. The summed E-state index contributed by atoms with van der Waals surface area (Å²) in [5, 5.41) is 4.18. The van der Waals surface area contributed by atoms with Crippen LogP contribution in [0.2, 0.25) is 5.02 Å². The number of sulfone groups is 1. The maximum Gasteiger partial charge on any atom is 0.153 e. The minimum Gasteiger partial charge on any atom is -0.307 e. The zero-order valence-corrected chi connectivity index (χ0v) is 14.2. The minimum atomic E-state index is -2.93. The fraction of sp³-hybridized carbons (Fsp3) is 0.625. The summed E-state index contributed by atoms with van der Waals surface area (Å²) in [4.78, 5) is 2.37. The number of likely N-dealkylation sites (tertiary alicyclic amines) is 1. The molecule has 0 amide bonds. The van der Waals surface area contributed by atoms with E-state index in [2.05, 4.69) is 10.2 Å². The Balaban J connectivity index is 1.65. The van der Waals surface area contributed by atoms with Gasteiger partial charge in [-0.2, -0.15) is 0 Å². The molecule has 22 heavy (non-hydrogen) atoms. The first kappa shape index (κ1) is 16.2. The van der Waals surface area contributed by atoms with Gasteiger partial charge in [-0.1, -0.05) is 30.2 Å². The summed E-state index contributed by atoms with van der Waals surface area (Å²) in [6.07, 6.45) is 3.62. The largest absolute Gasteiger partial charge is 0.307 e. The lowest BCUT2D eigenvalue weighted by Gasteiger charge is -2.35. The van der Waals surface area contributed by atoms with E-state index in [0.29, 0.717) is 12.3 Å². The Morgan fingerprint density at radius 1 is 1.09 bits per heavy atom. The predicted octanol–water partition coefficient (Wildman–Crippen LogP) is 2.08. The van der Waals surface area contributed by atoms with Gasteiger partial charge in [0.15, 0.2) is 9.84 Å². The first-order valence-corrected chi connectivity index (χ1v) is 10.2. The first-order chi connectivity index (χ1) is 10.5. The van der Waals surface area contributed by atoms with Crippen molar-refractivity contribution < 1.29 is 8.42 Å². The minimum absolute atomic E-state index is 0.0266. The summed E-state index contributed by atoms with van der Waals surface area (Å²) in [7, 11) is -2.93. The van der Waals surface area contributed by atoms with Crippen LogP contribution in [-0.2, 0) is 16.4 Å². The van der Waals surface area contributed by atoms with Gasteiger partial charge < -0.3 is 5.32 Å². The van der Waals surface area contributed by atoms with E-state index in [-0.39, 0.29) is 17.8 Å². The van der Waals surface area contributed by atoms with Crippen LogP contribution in [0.3, 0.4) is 0 Å². The van der Waals surface area contributed by atoms with E-state index in [1.807, 2.05) is 24.3 Å². The molecular formula is C16H23ClN2O2S. The number of benzene rings is 1. The molecule has 2 unspecified atom stereocenters. The number of nitrogens with zero attached hydrogens (tertiary/aromatic N) is 1. The van der Waals surface area contributed by atoms with Gasteiger partial charge in [0, 0.05) is 23.7 Å². The monoisotopic (exact) mass is 342 g/mol. The van der Waals surface area contributed by atoms with Gasteiger partial charge in [-0.3, -0.25) is 4.90 Å². The predicted molar refractivity (Wildman–Crippen MR) is 89.9 cm³/mol. The van der Waals surface area contributed by atoms with Gasteiger partial charge in [0.2, 0.25) is 0 Å². The van der Waals surface area contributed by atoms with Gasteiger partial charge in [0.25, 0.3) is 0 Å². The number of nitrogens with one attached hydrogen (secondary N) is 1. The lowest BCUT2D eigenvalue weighted by Crippen LogP contribution is -2.50. The SMILES string of the molecule is O=S1(=O)CC(NCc2ccc(Cl)cc2)C(N2CCCCC2)C1. The average molecular weight is 343 g/mol. The van der Waals surface area contributed by atoms with Crippen molar-refractivity contribution in [3.63, 3.8) is 0 Å². The second-order valence-corrected chi connectivity index (χ2v) is 8.94. The zero-order chi connectivity index (χ0) is 15.6. The molecule has 0 bridgehead atoms. The van der Waals surface area contributed by atoms with Crippen LogP contribution in [0, 0.1) is 0 Å². The third kappa shape index (κ3) is 4.02. The Morgan fingerprint density at radius 3 is 2.45 bits per heavy atom. The first-order valence-electron chi connectivity index (χ1n) is 7.96. The average Bonchev–Trinajstić information content (AvgIpc) is 2.83. The molecule has 6 heteroatoms. The summed E-state index contributed by atoms with van der Waals surface area (Å²) in [5.41, 5.74) is 1.13. The molecule has 0 aromatic heterocycles. The maximum atomic E-state index is 12.1. The van der Waals surface area contributed by atoms with E-state index in [4.69, 9.17) is 11.6 Å². The molecule has 2 aliphatic rings. The Hall–Kier alpha value is -0.620. The standard InChI is InChI=1S/C16H23ClN2O2S/c17-14-6-4-13(5-7-14)10-18-15-11-22(20,21)12-16(15)19-8-2-1-3-9-19/h4-7,15-16,18H,1-3,8-12H2. The van der Waals surface area contributed by atoms with E-state index >= 15 is 0 Å². The van der Waals surface area contributed by atoms with Crippen molar-refractivity contribution in [3.05, 3.63) is 34.9 Å². The van der Waals surface area contributed by atoms with Crippen molar-refractivity contribution in [1.29, 1.82) is 0 Å². The second kappa shape index (κ2) is 6.87. The topological polar surface area (TPSA) is 49.4 Å². The highest BCUT2D eigenvalue weighted by Crippen LogP contribution is 2.22. The third-order valence-corrected chi connectivity index (χ3v) is 6.63. The molecule has 2 aliphatic heterocycles. The summed E-state index contributed by atoms with van der Waals surface area (Å²) in [6.45, 7) is 2.74. The molecule has 0 radical (unpaired) electrons. The molecule has 4 nitrogen and oxygen atoms in total. The zero-order valence-electron chi connectivity index (χ0n) is 12.7. The van der Waals surface area contributed by atoms with Gasteiger partial charge in [-0.05, 0) is 43.6 Å². The number of hydrogen-bond donors (Lipinski definition) is 1. The summed E-state index contributed by atoms with van der Waals surface area (Å²) in [5.74, 6) is 0.549. The Morgan fingerprint density at radius 2 is 1.77 bits per heavy atom. The van der Waals surface area contributed by atoms with E-state index < -0.39 is 9.84 Å². The van der Waals surface area contributed by atoms with Crippen molar-refractivity contribution in [1.82, 2.24) is 10.2 Å². The van der Waals surface area contributed by atoms with Crippen molar-refractivity contribution in [2.45, 2.75) is 37.9 Å². The highest BCUT2D eigenvalue weighted by Gasteiger charge is 2.40. The molecule has 3 rings (SSSR count). The van der Waals surface area contributed by atoms with Crippen LogP contribution < -0.4 is 5.32 Å². The normalized spacial score (nSPS) is 28.8. The van der Waals surface area contributed by atoms with Crippen molar-refractivity contribution >= 4 is 21.4 Å². The Bertz CT molecular complexity index is 597. The number of rotatable bonds is 4. The van der Waals surface area contributed by atoms with Crippen LogP contribution in [0.4, 0.5) is 0 Å². The van der Waals surface area contributed by atoms with E-state index in [9.17, 15) is 8.42 Å². The van der Waals surface area contributed by atoms with Gasteiger partial charge in [-0.25, -0.2) is 8.42 Å². The van der Waals surface area contributed by atoms with E-state index in [0.717, 1.165) is 23.7 Å². The van der Waals surface area contributed by atoms with Gasteiger partial charge in [0.05, 0.1) is 11.5 Å². The maximum absolute atomic E-state index is 12.1. The van der Waals surface area contributed by atoms with Crippen LogP contribution in [-0.4, -0.2) is 50.0 Å². The van der Waals surface area contributed by atoms with Crippen molar-refractivity contribution in [2.75, 3.05) is 24.6 Å².